The predicted molar refractivity (Wildman–Crippen MR) is 71.4 cm³/mol. The highest BCUT2D eigenvalue weighted by Crippen LogP contribution is 2.18. The molecule has 0 aromatic carbocycles. The number of rotatable bonds is 8. The second kappa shape index (κ2) is 7.40. The van der Waals surface area contributed by atoms with Crippen LogP contribution >= 0.6 is 11.3 Å². The lowest BCUT2D eigenvalue weighted by Gasteiger charge is -2.04. The maximum Gasteiger partial charge on any atom is 0.294 e. The Morgan fingerprint density at radius 1 is 1.47 bits per heavy atom. The van der Waals surface area contributed by atoms with E-state index in [1.54, 1.807) is 0 Å². The molecule has 0 aliphatic rings. The Bertz CT molecular complexity index is 349. The van der Waals surface area contributed by atoms with Crippen LogP contribution in [0, 0.1) is 5.92 Å². The number of ether oxygens (including phenoxy) is 1. The zero-order valence-corrected chi connectivity index (χ0v) is 11.6. The van der Waals surface area contributed by atoms with E-state index in [-0.39, 0.29) is 0 Å². The van der Waals surface area contributed by atoms with Gasteiger partial charge in [-0.2, -0.15) is 0 Å². The smallest absolute Gasteiger partial charge is 0.294 e. The van der Waals surface area contributed by atoms with Crippen molar-refractivity contribution in [3.8, 4) is 5.19 Å². The van der Waals surface area contributed by atoms with Crippen molar-refractivity contribution in [2.24, 2.45) is 5.92 Å². The summed E-state index contributed by atoms with van der Waals surface area (Å²) in [6.45, 7) is 12.6. The zero-order chi connectivity index (χ0) is 12.7. The lowest BCUT2D eigenvalue weighted by Crippen LogP contribution is -2.18. The van der Waals surface area contributed by atoms with Gasteiger partial charge in [0.25, 0.3) is 5.19 Å². The summed E-state index contributed by atoms with van der Waals surface area (Å²) in [6, 6.07) is 0. The van der Waals surface area contributed by atoms with Gasteiger partial charge in [0.15, 0.2) is 0 Å². The van der Waals surface area contributed by atoms with Crippen LogP contribution in [-0.4, -0.2) is 23.3 Å². The predicted octanol–water partition coefficient (Wildman–Crippen LogP) is 2.63. The van der Waals surface area contributed by atoms with Gasteiger partial charge >= 0.3 is 0 Å². The molecule has 1 aromatic rings. The fraction of sp³-hybridized carbons (Fsp3) is 0.667. The molecule has 0 radical (unpaired) electrons. The number of hydrogen-bond acceptors (Lipinski definition) is 5. The van der Waals surface area contributed by atoms with Gasteiger partial charge in [0, 0.05) is 13.0 Å². The summed E-state index contributed by atoms with van der Waals surface area (Å²) in [7, 11) is 0. The fourth-order valence-electron chi connectivity index (χ4n) is 1.15. The highest BCUT2D eigenvalue weighted by atomic mass is 32.1. The van der Waals surface area contributed by atoms with Gasteiger partial charge in [-0.05, 0) is 19.4 Å². The van der Waals surface area contributed by atoms with E-state index in [9.17, 15) is 0 Å². The first-order valence-corrected chi connectivity index (χ1v) is 6.70. The van der Waals surface area contributed by atoms with E-state index in [0.717, 1.165) is 30.1 Å². The number of nitrogens with zero attached hydrogens (tertiary/aromatic N) is 2. The molecule has 0 aliphatic heterocycles. The number of aromatic nitrogens is 2. The SMILES string of the molecule is C=C(C)CCOc1nnc(CNCC(C)C)s1. The number of nitrogens with one attached hydrogen (secondary N) is 1. The van der Waals surface area contributed by atoms with Crippen LogP contribution in [0.3, 0.4) is 0 Å². The quantitative estimate of drug-likeness (QED) is 0.725. The van der Waals surface area contributed by atoms with Gasteiger partial charge in [0.1, 0.15) is 5.01 Å². The van der Waals surface area contributed by atoms with Crippen LogP contribution < -0.4 is 10.1 Å². The van der Waals surface area contributed by atoms with Gasteiger partial charge in [-0.25, -0.2) is 0 Å². The zero-order valence-electron chi connectivity index (χ0n) is 10.8. The highest BCUT2D eigenvalue weighted by molar-refractivity contribution is 7.13. The minimum atomic E-state index is 0.628. The highest BCUT2D eigenvalue weighted by Gasteiger charge is 2.04. The third-order valence-electron chi connectivity index (χ3n) is 2.03. The van der Waals surface area contributed by atoms with Crippen molar-refractivity contribution < 1.29 is 4.74 Å². The van der Waals surface area contributed by atoms with Crippen LogP contribution in [0.4, 0.5) is 0 Å². The lowest BCUT2D eigenvalue weighted by atomic mass is 10.2. The Balaban J connectivity index is 2.25. The van der Waals surface area contributed by atoms with Crippen LogP contribution in [0.2, 0.25) is 0 Å². The molecule has 96 valence electrons. The van der Waals surface area contributed by atoms with E-state index in [4.69, 9.17) is 4.74 Å². The Morgan fingerprint density at radius 2 is 2.24 bits per heavy atom. The van der Waals surface area contributed by atoms with Crippen molar-refractivity contribution in [1.82, 2.24) is 15.5 Å². The van der Waals surface area contributed by atoms with Gasteiger partial charge < -0.3 is 10.1 Å². The van der Waals surface area contributed by atoms with Gasteiger partial charge in [-0.1, -0.05) is 30.8 Å². The van der Waals surface area contributed by atoms with Crippen molar-refractivity contribution in [3.63, 3.8) is 0 Å². The molecule has 0 saturated carbocycles. The van der Waals surface area contributed by atoms with Crippen LogP contribution in [-0.2, 0) is 6.54 Å². The maximum absolute atomic E-state index is 5.48. The molecular weight excluding hydrogens is 234 g/mol. The molecule has 0 spiro atoms. The molecule has 0 bridgehead atoms. The standard InChI is InChI=1S/C12H21N3OS/c1-9(2)5-6-16-12-15-14-11(17-12)8-13-7-10(3)4/h10,13H,1,5-8H2,2-4H3. The van der Waals surface area contributed by atoms with Gasteiger partial charge in [-0.15, -0.1) is 16.8 Å². The van der Waals surface area contributed by atoms with E-state index in [2.05, 4.69) is 35.9 Å². The van der Waals surface area contributed by atoms with Crippen molar-refractivity contribution in [2.45, 2.75) is 33.7 Å². The number of hydrogen-bond donors (Lipinski definition) is 1. The van der Waals surface area contributed by atoms with Gasteiger partial charge in [0.05, 0.1) is 6.61 Å². The van der Waals surface area contributed by atoms with Crippen LogP contribution in [0.15, 0.2) is 12.2 Å². The summed E-state index contributed by atoms with van der Waals surface area (Å²) >= 11 is 1.50. The summed E-state index contributed by atoms with van der Waals surface area (Å²) in [5.41, 5.74) is 1.12. The topological polar surface area (TPSA) is 47.0 Å². The molecule has 1 heterocycles. The summed E-state index contributed by atoms with van der Waals surface area (Å²) in [4.78, 5) is 0. The van der Waals surface area contributed by atoms with Crippen LogP contribution in [0.1, 0.15) is 32.2 Å². The first-order valence-electron chi connectivity index (χ1n) is 5.88. The molecule has 0 aliphatic carbocycles. The minimum absolute atomic E-state index is 0.628. The molecule has 0 atom stereocenters. The Morgan fingerprint density at radius 3 is 2.88 bits per heavy atom. The molecule has 1 rings (SSSR count). The van der Waals surface area contributed by atoms with Crippen molar-refractivity contribution in [2.75, 3.05) is 13.2 Å². The molecule has 0 amide bonds. The third kappa shape index (κ3) is 6.38. The molecule has 4 nitrogen and oxygen atoms in total. The average molecular weight is 255 g/mol. The third-order valence-corrected chi connectivity index (χ3v) is 2.87. The largest absolute Gasteiger partial charge is 0.469 e. The first-order chi connectivity index (χ1) is 8.08. The monoisotopic (exact) mass is 255 g/mol. The first kappa shape index (κ1) is 14.1. The molecule has 17 heavy (non-hydrogen) atoms. The molecule has 5 heteroatoms. The van der Waals surface area contributed by atoms with E-state index in [0.29, 0.717) is 17.7 Å². The van der Waals surface area contributed by atoms with Crippen molar-refractivity contribution in [1.29, 1.82) is 0 Å². The molecule has 1 aromatic heterocycles. The van der Waals surface area contributed by atoms with Gasteiger partial charge in [-0.3, -0.25) is 0 Å². The molecule has 0 fully saturated rings. The maximum atomic E-state index is 5.48. The summed E-state index contributed by atoms with van der Waals surface area (Å²) in [5, 5.41) is 13.0. The summed E-state index contributed by atoms with van der Waals surface area (Å²) in [5.74, 6) is 0.647. The normalized spacial score (nSPS) is 10.8. The van der Waals surface area contributed by atoms with Crippen LogP contribution in [0.5, 0.6) is 5.19 Å². The lowest BCUT2D eigenvalue weighted by molar-refractivity contribution is 0.317. The summed E-state index contributed by atoms with van der Waals surface area (Å²) < 4.78 is 5.48. The van der Waals surface area contributed by atoms with E-state index in [1.165, 1.54) is 11.3 Å². The van der Waals surface area contributed by atoms with E-state index in [1.807, 2.05) is 6.92 Å². The summed E-state index contributed by atoms with van der Waals surface area (Å²) in [6.07, 6.45) is 0.862. The van der Waals surface area contributed by atoms with Crippen molar-refractivity contribution >= 4 is 11.3 Å². The fourth-order valence-corrected chi connectivity index (χ4v) is 1.83. The van der Waals surface area contributed by atoms with Crippen molar-refractivity contribution in [3.05, 3.63) is 17.2 Å². The molecular formula is C12H21N3OS. The molecule has 0 unspecified atom stereocenters. The second-order valence-corrected chi connectivity index (χ2v) is 5.57. The van der Waals surface area contributed by atoms with E-state index < -0.39 is 0 Å². The Kier molecular flexibility index (Phi) is 6.15. The Hall–Kier alpha value is -0.940. The average Bonchev–Trinajstić information content (AvgIpc) is 2.65. The second-order valence-electron chi connectivity index (χ2n) is 4.54. The van der Waals surface area contributed by atoms with Crippen LogP contribution in [0.25, 0.3) is 0 Å². The molecule has 1 N–H and O–H groups in total. The van der Waals surface area contributed by atoms with Gasteiger partial charge in [0.2, 0.25) is 0 Å². The minimum Gasteiger partial charge on any atom is -0.469 e. The van der Waals surface area contributed by atoms with E-state index >= 15 is 0 Å². The molecule has 0 saturated heterocycles. The Labute approximate surface area is 107 Å².